The Bertz CT molecular complexity index is 331. The van der Waals surface area contributed by atoms with Crippen molar-refractivity contribution in [3.8, 4) is 0 Å². The first-order chi connectivity index (χ1) is 7.40. The van der Waals surface area contributed by atoms with E-state index in [9.17, 15) is 4.79 Å². The van der Waals surface area contributed by atoms with Crippen molar-refractivity contribution in [2.24, 2.45) is 11.3 Å². The van der Waals surface area contributed by atoms with Crippen molar-refractivity contribution in [2.45, 2.75) is 53.9 Å². The minimum atomic E-state index is 0.0474. The van der Waals surface area contributed by atoms with Gasteiger partial charge in [-0.2, -0.15) is 0 Å². The van der Waals surface area contributed by atoms with Crippen LogP contribution >= 0.6 is 0 Å². The van der Waals surface area contributed by atoms with E-state index in [1.165, 1.54) is 12.0 Å². The van der Waals surface area contributed by atoms with E-state index < -0.39 is 0 Å². The predicted octanol–water partition coefficient (Wildman–Crippen LogP) is 4.29. The summed E-state index contributed by atoms with van der Waals surface area (Å²) < 4.78 is 0. The van der Waals surface area contributed by atoms with E-state index in [1.54, 1.807) is 6.08 Å². The monoisotopic (exact) mass is 220 g/mol. The fourth-order valence-corrected chi connectivity index (χ4v) is 2.54. The molecule has 1 atom stereocenters. The van der Waals surface area contributed by atoms with Crippen LogP contribution in [-0.4, -0.2) is 5.78 Å². The zero-order valence-corrected chi connectivity index (χ0v) is 11.3. The van der Waals surface area contributed by atoms with E-state index in [1.807, 2.05) is 6.08 Å². The van der Waals surface area contributed by atoms with Crippen molar-refractivity contribution in [1.29, 1.82) is 0 Å². The van der Waals surface area contributed by atoms with Crippen LogP contribution in [0.15, 0.2) is 23.3 Å². The summed E-state index contributed by atoms with van der Waals surface area (Å²) >= 11 is 0. The van der Waals surface area contributed by atoms with E-state index in [4.69, 9.17) is 0 Å². The number of allylic oxidation sites excluding steroid dienone is 4. The summed E-state index contributed by atoms with van der Waals surface area (Å²) in [5, 5.41) is 0. The van der Waals surface area contributed by atoms with Crippen molar-refractivity contribution < 1.29 is 4.79 Å². The summed E-state index contributed by atoms with van der Waals surface area (Å²) in [6, 6.07) is 0. The molecule has 0 amide bonds. The molecule has 1 unspecified atom stereocenters. The molecular weight excluding hydrogens is 196 g/mol. The van der Waals surface area contributed by atoms with Crippen molar-refractivity contribution in [3.05, 3.63) is 23.3 Å². The third-order valence-electron chi connectivity index (χ3n) is 3.76. The lowest BCUT2D eigenvalue weighted by Gasteiger charge is -2.36. The molecule has 0 saturated carbocycles. The Morgan fingerprint density at radius 3 is 2.69 bits per heavy atom. The van der Waals surface area contributed by atoms with Crippen LogP contribution in [0.3, 0.4) is 0 Å². The Morgan fingerprint density at radius 2 is 2.12 bits per heavy atom. The highest BCUT2D eigenvalue weighted by Crippen LogP contribution is 2.43. The zero-order chi connectivity index (χ0) is 12.3. The number of carbonyl (C=O) groups excluding carboxylic acids is 1. The molecule has 1 nitrogen and oxygen atoms in total. The van der Waals surface area contributed by atoms with Gasteiger partial charge in [-0.05, 0) is 43.6 Å². The summed E-state index contributed by atoms with van der Waals surface area (Å²) in [5.41, 5.74) is 2.39. The number of ketones is 1. The molecule has 1 heteroatoms. The zero-order valence-electron chi connectivity index (χ0n) is 11.3. The summed E-state index contributed by atoms with van der Waals surface area (Å²) in [6.07, 6.45) is 6.95. The molecule has 0 spiro atoms. The van der Waals surface area contributed by atoms with Crippen molar-refractivity contribution in [1.82, 2.24) is 0 Å². The summed E-state index contributed by atoms with van der Waals surface area (Å²) in [7, 11) is 0. The summed E-state index contributed by atoms with van der Waals surface area (Å²) in [4.78, 5) is 12.2. The van der Waals surface area contributed by atoms with Gasteiger partial charge in [-0.25, -0.2) is 0 Å². The summed E-state index contributed by atoms with van der Waals surface area (Å²) in [5.74, 6) is 0.776. The predicted molar refractivity (Wildman–Crippen MR) is 69.3 cm³/mol. The Kier molecular flexibility index (Phi) is 4.12. The number of hydrogen-bond acceptors (Lipinski definition) is 1. The second-order valence-electron chi connectivity index (χ2n) is 5.56. The molecule has 1 aliphatic carbocycles. The van der Waals surface area contributed by atoms with Gasteiger partial charge in [0, 0.05) is 5.57 Å². The molecule has 0 heterocycles. The number of carbonyl (C=O) groups is 1. The number of rotatable bonds is 3. The van der Waals surface area contributed by atoms with Crippen molar-refractivity contribution >= 4 is 5.78 Å². The fraction of sp³-hybridized carbons (Fsp3) is 0.667. The smallest absolute Gasteiger partial charge is 0.181 e. The molecule has 0 aromatic rings. The topological polar surface area (TPSA) is 17.1 Å². The first kappa shape index (κ1) is 13.2. The van der Waals surface area contributed by atoms with Gasteiger partial charge >= 0.3 is 0 Å². The van der Waals surface area contributed by atoms with Crippen LogP contribution in [0.25, 0.3) is 0 Å². The molecule has 0 fully saturated rings. The standard InChI is InChI=1S/C15H24O/c1-6-7-8-13(16)14-12(3)11(2)9-10-15(14,4)5/h7-8,11H,6,9-10H2,1-5H3. The molecule has 0 N–H and O–H groups in total. The molecule has 16 heavy (non-hydrogen) atoms. The first-order valence-electron chi connectivity index (χ1n) is 6.32. The Hall–Kier alpha value is -0.850. The lowest BCUT2D eigenvalue weighted by atomic mass is 9.68. The molecule has 0 aliphatic heterocycles. The maximum absolute atomic E-state index is 12.2. The van der Waals surface area contributed by atoms with E-state index in [0.29, 0.717) is 5.92 Å². The average molecular weight is 220 g/mol. The Balaban J connectivity index is 3.09. The summed E-state index contributed by atoms with van der Waals surface area (Å²) in [6.45, 7) is 10.8. The highest BCUT2D eigenvalue weighted by molar-refractivity contribution is 6.05. The molecule has 0 radical (unpaired) electrons. The van der Waals surface area contributed by atoms with Gasteiger partial charge < -0.3 is 0 Å². The van der Waals surface area contributed by atoms with Gasteiger partial charge in [-0.3, -0.25) is 4.79 Å². The molecule has 0 aromatic heterocycles. The normalized spacial score (nSPS) is 25.2. The maximum Gasteiger partial charge on any atom is 0.181 e. The molecule has 0 saturated heterocycles. The molecular formula is C15H24O. The second kappa shape index (κ2) is 4.99. The van der Waals surface area contributed by atoms with Crippen LogP contribution in [0, 0.1) is 11.3 Å². The van der Waals surface area contributed by atoms with Crippen LogP contribution < -0.4 is 0 Å². The highest BCUT2D eigenvalue weighted by atomic mass is 16.1. The second-order valence-corrected chi connectivity index (χ2v) is 5.56. The molecule has 90 valence electrons. The van der Waals surface area contributed by atoms with Gasteiger partial charge in [0.15, 0.2) is 5.78 Å². The molecule has 1 aliphatic rings. The van der Waals surface area contributed by atoms with Gasteiger partial charge in [-0.15, -0.1) is 0 Å². The van der Waals surface area contributed by atoms with Crippen LogP contribution in [0.4, 0.5) is 0 Å². The van der Waals surface area contributed by atoms with Crippen molar-refractivity contribution in [2.75, 3.05) is 0 Å². The Morgan fingerprint density at radius 1 is 1.50 bits per heavy atom. The van der Waals surface area contributed by atoms with Gasteiger partial charge in [0.2, 0.25) is 0 Å². The Labute approximate surface area is 99.6 Å². The molecule has 1 rings (SSSR count). The van der Waals surface area contributed by atoms with E-state index in [2.05, 4.69) is 34.6 Å². The average Bonchev–Trinajstić information content (AvgIpc) is 2.21. The van der Waals surface area contributed by atoms with Crippen LogP contribution in [0.5, 0.6) is 0 Å². The third-order valence-corrected chi connectivity index (χ3v) is 3.76. The van der Waals surface area contributed by atoms with E-state index >= 15 is 0 Å². The molecule has 0 bridgehead atoms. The number of hydrogen-bond donors (Lipinski definition) is 0. The highest BCUT2D eigenvalue weighted by Gasteiger charge is 2.34. The maximum atomic E-state index is 12.2. The quantitative estimate of drug-likeness (QED) is 0.648. The van der Waals surface area contributed by atoms with Crippen LogP contribution in [-0.2, 0) is 4.79 Å². The van der Waals surface area contributed by atoms with Crippen LogP contribution in [0.1, 0.15) is 53.9 Å². The van der Waals surface area contributed by atoms with E-state index in [0.717, 1.165) is 18.4 Å². The SMILES string of the molecule is CCC=CC(=O)C1=C(C)C(C)CCC1(C)C. The first-order valence-corrected chi connectivity index (χ1v) is 6.32. The third kappa shape index (κ3) is 2.63. The van der Waals surface area contributed by atoms with E-state index in [-0.39, 0.29) is 11.2 Å². The largest absolute Gasteiger partial charge is 0.290 e. The van der Waals surface area contributed by atoms with Crippen molar-refractivity contribution in [3.63, 3.8) is 0 Å². The lowest BCUT2D eigenvalue weighted by molar-refractivity contribution is -0.112. The van der Waals surface area contributed by atoms with Gasteiger partial charge in [-0.1, -0.05) is 39.3 Å². The van der Waals surface area contributed by atoms with Crippen LogP contribution in [0.2, 0.25) is 0 Å². The minimum Gasteiger partial charge on any atom is -0.290 e. The van der Waals surface area contributed by atoms with Gasteiger partial charge in [0.1, 0.15) is 0 Å². The lowest BCUT2D eigenvalue weighted by Crippen LogP contribution is -2.28. The minimum absolute atomic E-state index is 0.0474. The molecule has 0 aromatic carbocycles. The van der Waals surface area contributed by atoms with Gasteiger partial charge in [0.25, 0.3) is 0 Å². The fourth-order valence-electron chi connectivity index (χ4n) is 2.54. The van der Waals surface area contributed by atoms with Gasteiger partial charge in [0.05, 0.1) is 0 Å².